The molecular weight excluding hydrogens is 296 g/mol. The number of hydrogen-bond acceptors (Lipinski definition) is 2. The van der Waals surface area contributed by atoms with Crippen molar-refractivity contribution in [1.29, 1.82) is 0 Å². The molecule has 0 aromatic rings. The van der Waals surface area contributed by atoms with Crippen LogP contribution in [0.1, 0.15) is 90.4 Å². The zero-order valence-electron chi connectivity index (χ0n) is 15.6. The van der Waals surface area contributed by atoms with Crippen molar-refractivity contribution >= 4 is 0 Å². The first-order valence-electron chi connectivity index (χ1n) is 10.6. The van der Waals surface area contributed by atoms with Crippen LogP contribution >= 0.6 is 0 Å². The highest BCUT2D eigenvalue weighted by molar-refractivity contribution is 5.11. The van der Waals surface area contributed by atoms with Crippen molar-refractivity contribution in [2.45, 2.75) is 103 Å². The molecule has 2 aliphatic carbocycles. The van der Waals surface area contributed by atoms with E-state index < -0.39 is 0 Å². The maximum Gasteiger partial charge on any atom is 0.147 e. The lowest BCUT2D eigenvalue weighted by atomic mass is 9.73. The Morgan fingerprint density at radius 3 is 1.83 bits per heavy atom. The molecular formula is C22H36O2. The van der Waals surface area contributed by atoms with E-state index in [2.05, 4.69) is 18.8 Å². The first kappa shape index (κ1) is 18.3. The number of rotatable bonds is 4. The van der Waals surface area contributed by atoms with Crippen LogP contribution in [-0.4, -0.2) is 19.0 Å². The fourth-order valence-electron chi connectivity index (χ4n) is 4.99. The maximum atomic E-state index is 6.18. The van der Waals surface area contributed by atoms with Crippen LogP contribution in [0.25, 0.3) is 0 Å². The minimum Gasteiger partial charge on any atom is -0.351 e. The summed E-state index contributed by atoms with van der Waals surface area (Å²) in [4.78, 5) is 0. The standard InChI is InChI=1S/C22H36O2/c1-2-3-4-11-16-20-21(18-12-7-5-8-13-18)23-17-24-22(20)19-14-9-6-10-15-19/h18-22H,2-10,12-15,17H2,1H3/t20?,21-,22+. The van der Waals surface area contributed by atoms with E-state index in [1.807, 2.05) is 0 Å². The summed E-state index contributed by atoms with van der Waals surface area (Å²) in [5.41, 5.74) is 0. The average molecular weight is 333 g/mol. The van der Waals surface area contributed by atoms with Crippen LogP contribution in [0.4, 0.5) is 0 Å². The lowest BCUT2D eigenvalue weighted by Gasteiger charge is -2.44. The van der Waals surface area contributed by atoms with Crippen molar-refractivity contribution in [3.05, 3.63) is 0 Å². The van der Waals surface area contributed by atoms with Crippen LogP contribution in [0.15, 0.2) is 0 Å². The van der Waals surface area contributed by atoms with Gasteiger partial charge >= 0.3 is 0 Å². The second kappa shape index (κ2) is 9.83. The van der Waals surface area contributed by atoms with Crippen molar-refractivity contribution < 1.29 is 9.47 Å². The van der Waals surface area contributed by atoms with E-state index in [0.29, 0.717) is 36.8 Å². The molecule has 0 N–H and O–H groups in total. The van der Waals surface area contributed by atoms with Gasteiger partial charge in [0.1, 0.15) is 6.79 Å². The van der Waals surface area contributed by atoms with Crippen molar-refractivity contribution in [2.75, 3.05) is 6.79 Å². The number of ether oxygens (including phenoxy) is 2. The van der Waals surface area contributed by atoms with Gasteiger partial charge in [0.05, 0.1) is 18.1 Å². The Bertz CT molecular complexity index is 383. The predicted molar refractivity (Wildman–Crippen MR) is 98.6 cm³/mol. The zero-order valence-corrected chi connectivity index (χ0v) is 15.6. The average Bonchev–Trinajstić information content (AvgIpc) is 2.66. The van der Waals surface area contributed by atoms with E-state index in [-0.39, 0.29) is 0 Å². The first-order valence-corrected chi connectivity index (χ1v) is 10.6. The van der Waals surface area contributed by atoms with Crippen LogP contribution in [-0.2, 0) is 9.47 Å². The van der Waals surface area contributed by atoms with Gasteiger partial charge in [0.25, 0.3) is 0 Å². The Morgan fingerprint density at radius 2 is 1.33 bits per heavy atom. The maximum absolute atomic E-state index is 6.18. The molecule has 1 saturated heterocycles. The van der Waals surface area contributed by atoms with Crippen LogP contribution in [0, 0.1) is 29.6 Å². The molecule has 136 valence electrons. The summed E-state index contributed by atoms with van der Waals surface area (Å²) in [6, 6.07) is 0. The van der Waals surface area contributed by atoms with E-state index in [1.165, 1.54) is 77.0 Å². The quantitative estimate of drug-likeness (QED) is 0.486. The molecule has 3 atom stereocenters. The van der Waals surface area contributed by atoms with E-state index in [1.54, 1.807) is 0 Å². The number of unbranched alkanes of at least 4 members (excludes halogenated alkanes) is 2. The third-order valence-corrected chi connectivity index (χ3v) is 6.38. The monoisotopic (exact) mass is 332 g/mol. The van der Waals surface area contributed by atoms with Crippen molar-refractivity contribution in [2.24, 2.45) is 17.8 Å². The summed E-state index contributed by atoms with van der Waals surface area (Å²) in [5, 5.41) is 0. The molecule has 24 heavy (non-hydrogen) atoms. The van der Waals surface area contributed by atoms with Crippen molar-refractivity contribution in [3.8, 4) is 11.8 Å². The van der Waals surface area contributed by atoms with Gasteiger partial charge in [0.15, 0.2) is 0 Å². The zero-order chi connectivity index (χ0) is 16.6. The summed E-state index contributed by atoms with van der Waals surface area (Å²) in [7, 11) is 0. The second-order valence-electron chi connectivity index (χ2n) is 8.13. The normalized spacial score (nSPS) is 30.7. The first-order chi connectivity index (χ1) is 11.9. The van der Waals surface area contributed by atoms with Crippen molar-refractivity contribution in [3.63, 3.8) is 0 Å². The molecule has 1 unspecified atom stereocenters. The highest BCUT2D eigenvalue weighted by Gasteiger charge is 2.42. The third-order valence-electron chi connectivity index (χ3n) is 6.38. The minimum atomic E-state index is 0.307. The summed E-state index contributed by atoms with van der Waals surface area (Å²) in [5.74, 6) is 8.86. The summed E-state index contributed by atoms with van der Waals surface area (Å²) in [6.07, 6.45) is 17.7. The topological polar surface area (TPSA) is 18.5 Å². The van der Waals surface area contributed by atoms with Crippen LogP contribution in [0.3, 0.4) is 0 Å². The lowest BCUT2D eigenvalue weighted by molar-refractivity contribution is -0.226. The fourth-order valence-corrected chi connectivity index (χ4v) is 4.99. The van der Waals surface area contributed by atoms with Gasteiger partial charge < -0.3 is 9.47 Å². The molecule has 0 aromatic carbocycles. The SMILES string of the molecule is CCCCC#CC1[C@@H](C2CCCCC2)OCO[C@H]1C1CCCCC1. The highest BCUT2D eigenvalue weighted by Crippen LogP contribution is 2.40. The van der Waals surface area contributed by atoms with E-state index in [9.17, 15) is 0 Å². The van der Waals surface area contributed by atoms with E-state index in [0.717, 1.165) is 6.42 Å². The summed E-state index contributed by atoms with van der Waals surface area (Å²) < 4.78 is 12.4. The van der Waals surface area contributed by atoms with Crippen LogP contribution in [0.5, 0.6) is 0 Å². The van der Waals surface area contributed by atoms with Gasteiger partial charge in [0, 0.05) is 6.42 Å². The van der Waals surface area contributed by atoms with Gasteiger partial charge in [-0.05, 0) is 43.9 Å². The Hall–Kier alpha value is -0.520. The summed E-state index contributed by atoms with van der Waals surface area (Å²) in [6.45, 7) is 2.74. The van der Waals surface area contributed by atoms with Crippen LogP contribution < -0.4 is 0 Å². The van der Waals surface area contributed by atoms with Crippen LogP contribution in [0.2, 0.25) is 0 Å². The van der Waals surface area contributed by atoms with Gasteiger partial charge in [-0.15, -0.1) is 5.92 Å². The Kier molecular flexibility index (Phi) is 7.49. The molecule has 2 heteroatoms. The lowest BCUT2D eigenvalue weighted by Crippen LogP contribution is -2.48. The Morgan fingerprint density at radius 1 is 0.792 bits per heavy atom. The second-order valence-corrected chi connectivity index (χ2v) is 8.13. The largest absolute Gasteiger partial charge is 0.351 e. The van der Waals surface area contributed by atoms with Crippen molar-refractivity contribution in [1.82, 2.24) is 0 Å². The molecule has 0 bridgehead atoms. The fraction of sp³-hybridized carbons (Fsp3) is 0.909. The van der Waals surface area contributed by atoms with E-state index >= 15 is 0 Å². The van der Waals surface area contributed by atoms with Gasteiger partial charge in [-0.3, -0.25) is 0 Å². The molecule has 0 aromatic heterocycles. The molecule has 0 spiro atoms. The molecule has 1 heterocycles. The third kappa shape index (κ3) is 4.77. The van der Waals surface area contributed by atoms with Gasteiger partial charge in [-0.2, -0.15) is 0 Å². The summed E-state index contributed by atoms with van der Waals surface area (Å²) >= 11 is 0. The Labute approximate surface area is 149 Å². The molecule has 2 saturated carbocycles. The highest BCUT2D eigenvalue weighted by atomic mass is 16.7. The minimum absolute atomic E-state index is 0.307. The molecule has 3 aliphatic rings. The molecule has 1 aliphatic heterocycles. The van der Waals surface area contributed by atoms with Gasteiger partial charge in [-0.25, -0.2) is 0 Å². The number of hydrogen-bond donors (Lipinski definition) is 0. The van der Waals surface area contributed by atoms with E-state index in [4.69, 9.17) is 9.47 Å². The molecule has 3 fully saturated rings. The van der Waals surface area contributed by atoms with Gasteiger partial charge in [-0.1, -0.05) is 57.8 Å². The van der Waals surface area contributed by atoms with Gasteiger partial charge in [0.2, 0.25) is 0 Å². The molecule has 0 radical (unpaired) electrons. The molecule has 0 amide bonds. The smallest absolute Gasteiger partial charge is 0.147 e. The Balaban J connectivity index is 1.72. The molecule has 3 rings (SSSR count). The molecule has 2 nitrogen and oxygen atoms in total. The predicted octanol–water partition coefficient (Wildman–Crippen LogP) is 5.70.